The van der Waals surface area contributed by atoms with Crippen molar-refractivity contribution in [2.75, 3.05) is 19.0 Å². The maximum Gasteiger partial charge on any atom is 0.338 e. The van der Waals surface area contributed by atoms with Crippen LogP contribution in [0, 0.1) is 5.82 Å². The van der Waals surface area contributed by atoms with E-state index in [0.717, 1.165) is 6.07 Å². The number of nitrogens with one attached hydrogen (secondary N) is 1. The van der Waals surface area contributed by atoms with Crippen molar-refractivity contribution in [3.63, 3.8) is 0 Å². The van der Waals surface area contributed by atoms with Crippen LogP contribution in [0.4, 0.5) is 10.1 Å². The van der Waals surface area contributed by atoms with E-state index in [1.807, 2.05) is 0 Å². The summed E-state index contributed by atoms with van der Waals surface area (Å²) in [5.74, 6) is -1.22. The van der Waals surface area contributed by atoms with Gasteiger partial charge in [-0.1, -0.05) is 12.1 Å². The number of ether oxygens (including phenoxy) is 2. The van der Waals surface area contributed by atoms with Gasteiger partial charge in [-0.3, -0.25) is 4.79 Å². The molecule has 1 N–H and O–H groups in total. The second kappa shape index (κ2) is 7.21. The predicted octanol–water partition coefficient (Wildman–Crippen LogP) is 2.63. The number of hydrogen-bond donors (Lipinski definition) is 1. The minimum Gasteiger partial charge on any atom is -0.497 e. The molecule has 1 amide bonds. The fourth-order valence-corrected chi connectivity index (χ4v) is 1.73. The summed E-state index contributed by atoms with van der Waals surface area (Å²) in [4.78, 5) is 23.4. The summed E-state index contributed by atoms with van der Waals surface area (Å²) < 4.78 is 22.8. The fourth-order valence-electron chi connectivity index (χ4n) is 1.73. The molecular weight excluding hydrogens is 289 g/mol. The highest BCUT2D eigenvalue weighted by molar-refractivity contribution is 5.95. The molecule has 0 heterocycles. The Kier molecular flexibility index (Phi) is 5.08. The van der Waals surface area contributed by atoms with Crippen molar-refractivity contribution in [3.05, 3.63) is 59.9 Å². The zero-order chi connectivity index (χ0) is 15.9. The van der Waals surface area contributed by atoms with Gasteiger partial charge in [0.05, 0.1) is 12.7 Å². The Morgan fingerprint density at radius 2 is 1.91 bits per heavy atom. The number of anilines is 1. The standard InChI is InChI=1S/C16H14FNO4/c1-21-14-7-3-6-13(9-14)18-15(19)10-22-16(20)11-4-2-5-12(17)8-11/h2-9H,10H2,1H3,(H,18,19). The molecular formula is C16H14FNO4. The van der Waals surface area contributed by atoms with Crippen LogP contribution in [0.5, 0.6) is 5.75 Å². The van der Waals surface area contributed by atoms with Crippen LogP contribution in [0.15, 0.2) is 48.5 Å². The zero-order valence-electron chi connectivity index (χ0n) is 11.8. The van der Waals surface area contributed by atoms with Gasteiger partial charge in [-0.05, 0) is 30.3 Å². The number of hydrogen-bond acceptors (Lipinski definition) is 4. The van der Waals surface area contributed by atoms with Crippen molar-refractivity contribution in [3.8, 4) is 5.75 Å². The van der Waals surface area contributed by atoms with Gasteiger partial charge < -0.3 is 14.8 Å². The number of carbonyl (C=O) groups is 2. The van der Waals surface area contributed by atoms with E-state index in [9.17, 15) is 14.0 Å². The van der Waals surface area contributed by atoms with Crippen LogP contribution in [0.2, 0.25) is 0 Å². The number of benzene rings is 2. The van der Waals surface area contributed by atoms with E-state index in [1.54, 1.807) is 24.3 Å². The van der Waals surface area contributed by atoms with E-state index in [-0.39, 0.29) is 5.56 Å². The van der Waals surface area contributed by atoms with Gasteiger partial charge in [0, 0.05) is 11.8 Å². The summed E-state index contributed by atoms with van der Waals surface area (Å²) in [5, 5.41) is 2.56. The molecule has 0 spiro atoms. The Morgan fingerprint density at radius 3 is 2.64 bits per heavy atom. The van der Waals surface area contributed by atoms with Crippen LogP contribution < -0.4 is 10.1 Å². The first kappa shape index (κ1) is 15.5. The van der Waals surface area contributed by atoms with E-state index in [0.29, 0.717) is 11.4 Å². The molecule has 0 bridgehead atoms. The summed E-state index contributed by atoms with van der Waals surface area (Å²) in [5.41, 5.74) is 0.570. The molecule has 0 saturated heterocycles. The lowest BCUT2D eigenvalue weighted by molar-refractivity contribution is -0.119. The molecule has 0 atom stereocenters. The minimum absolute atomic E-state index is 0.0502. The van der Waals surface area contributed by atoms with Gasteiger partial charge >= 0.3 is 5.97 Å². The number of halogens is 1. The van der Waals surface area contributed by atoms with E-state index in [1.165, 1.54) is 25.3 Å². The molecule has 0 saturated carbocycles. The van der Waals surface area contributed by atoms with E-state index in [4.69, 9.17) is 9.47 Å². The minimum atomic E-state index is -0.764. The summed E-state index contributed by atoms with van der Waals surface area (Å²) in [6, 6.07) is 11.8. The Hall–Kier alpha value is -2.89. The lowest BCUT2D eigenvalue weighted by Crippen LogP contribution is -2.21. The molecule has 0 fully saturated rings. The molecule has 0 unspecified atom stereocenters. The molecule has 6 heteroatoms. The van der Waals surface area contributed by atoms with E-state index < -0.39 is 24.3 Å². The first-order chi connectivity index (χ1) is 10.6. The molecule has 0 radical (unpaired) electrons. The maximum atomic E-state index is 13.0. The van der Waals surface area contributed by atoms with Crippen molar-refractivity contribution >= 4 is 17.6 Å². The van der Waals surface area contributed by atoms with Gasteiger partial charge in [-0.15, -0.1) is 0 Å². The molecule has 5 nitrogen and oxygen atoms in total. The van der Waals surface area contributed by atoms with Crippen LogP contribution in [-0.2, 0) is 9.53 Å². The third kappa shape index (κ3) is 4.31. The monoisotopic (exact) mass is 303 g/mol. The molecule has 0 aliphatic heterocycles. The Morgan fingerprint density at radius 1 is 1.14 bits per heavy atom. The van der Waals surface area contributed by atoms with Crippen molar-refractivity contribution in [2.45, 2.75) is 0 Å². The molecule has 0 aliphatic carbocycles. The van der Waals surface area contributed by atoms with Gasteiger partial charge in [-0.25, -0.2) is 9.18 Å². The molecule has 2 aromatic carbocycles. The summed E-state index contributed by atoms with van der Waals surface area (Å²) in [6.45, 7) is -0.466. The topological polar surface area (TPSA) is 64.6 Å². The first-order valence-corrected chi connectivity index (χ1v) is 6.45. The number of esters is 1. The van der Waals surface area contributed by atoms with Gasteiger partial charge in [0.15, 0.2) is 6.61 Å². The maximum absolute atomic E-state index is 13.0. The summed E-state index contributed by atoms with van der Waals surface area (Å²) >= 11 is 0. The van der Waals surface area contributed by atoms with Crippen molar-refractivity contribution in [1.82, 2.24) is 0 Å². The molecule has 22 heavy (non-hydrogen) atoms. The predicted molar refractivity (Wildman–Crippen MR) is 78.3 cm³/mol. The molecule has 2 aromatic rings. The third-order valence-corrected chi connectivity index (χ3v) is 2.75. The molecule has 114 valence electrons. The molecule has 0 aliphatic rings. The smallest absolute Gasteiger partial charge is 0.338 e. The molecule has 2 rings (SSSR count). The normalized spacial score (nSPS) is 9.91. The fraction of sp³-hybridized carbons (Fsp3) is 0.125. The quantitative estimate of drug-likeness (QED) is 0.862. The Bertz CT molecular complexity index is 687. The van der Waals surface area contributed by atoms with Crippen LogP contribution in [0.3, 0.4) is 0 Å². The van der Waals surface area contributed by atoms with Gasteiger partial charge in [-0.2, -0.15) is 0 Å². The second-order valence-electron chi connectivity index (χ2n) is 4.37. The number of rotatable bonds is 5. The third-order valence-electron chi connectivity index (χ3n) is 2.75. The van der Waals surface area contributed by atoms with Gasteiger partial charge in [0.25, 0.3) is 5.91 Å². The van der Waals surface area contributed by atoms with E-state index in [2.05, 4.69) is 5.32 Å². The van der Waals surface area contributed by atoms with Crippen LogP contribution in [0.25, 0.3) is 0 Å². The first-order valence-electron chi connectivity index (χ1n) is 6.45. The molecule has 0 aromatic heterocycles. The number of methoxy groups -OCH3 is 1. The second-order valence-corrected chi connectivity index (χ2v) is 4.37. The Labute approximate surface area is 126 Å². The Balaban J connectivity index is 1.88. The van der Waals surface area contributed by atoms with Gasteiger partial charge in [0.1, 0.15) is 11.6 Å². The average Bonchev–Trinajstić information content (AvgIpc) is 2.52. The largest absolute Gasteiger partial charge is 0.497 e. The van der Waals surface area contributed by atoms with Crippen LogP contribution in [-0.4, -0.2) is 25.6 Å². The van der Waals surface area contributed by atoms with Crippen LogP contribution >= 0.6 is 0 Å². The number of carbonyl (C=O) groups excluding carboxylic acids is 2. The van der Waals surface area contributed by atoms with Crippen LogP contribution in [0.1, 0.15) is 10.4 Å². The number of amides is 1. The SMILES string of the molecule is COc1cccc(NC(=O)COC(=O)c2cccc(F)c2)c1. The van der Waals surface area contributed by atoms with Gasteiger partial charge in [0.2, 0.25) is 0 Å². The van der Waals surface area contributed by atoms with E-state index >= 15 is 0 Å². The highest BCUT2D eigenvalue weighted by Crippen LogP contribution is 2.16. The summed E-state index contributed by atoms with van der Waals surface area (Å²) in [6.07, 6.45) is 0. The summed E-state index contributed by atoms with van der Waals surface area (Å²) in [7, 11) is 1.52. The van der Waals surface area contributed by atoms with Crippen molar-refractivity contribution < 1.29 is 23.5 Å². The lowest BCUT2D eigenvalue weighted by Gasteiger charge is -2.08. The van der Waals surface area contributed by atoms with Crippen molar-refractivity contribution in [1.29, 1.82) is 0 Å². The highest BCUT2D eigenvalue weighted by Gasteiger charge is 2.11. The zero-order valence-corrected chi connectivity index (χ0v) is 11.8. The highest BCUT2D eigenvalue weighted by atomic mass is 19.1. The lowest BCUT2D eigenvalue weighted by atomic mass is 10.2. The average molecular weight is 303 g/mol. The van der Waals surface area contributed by atoms with Crippen molar-refractivity contribution in [2.24, 2.45) is 0 Å².